The van der Waals surface area contributed by atoms with E-state index in [1.54, 1.807) is 6.92 Å². The van der Waals surface area contributed by atoms with Crippen molar-refractivity contribution in [3.8, 4) is 0 Å². The molecule has 1 unspecified atom stereocenters. The van der Waals surface area contributed by atoms with Crippen molar-refractivity contribution in [2.24, 2.45) is 0 Å². The molecule has 0 aliphatic carbocycles. The summed E-state index contributed by atoms with van der Waals surface area (Å²) in [6.07, 6.45) is 2.12. The highest BCUT2D eigenvalue weighted by atomic mass is 35.5. The van der Waals surface area contributed by atoms with Gasteiger partial charge in [0.2, 0.25) is 5.91 Å². The third-order valence-corrected chi connectivity index (χ3v) is 2.47. The zero-order valence-corrected chi connectivity index (χ0v) is 10.4. The van der Waals surface area contributed by atoms with Gasteiger partial charge in [0.25, 0.3) is 0 Å². The Morgan fingerprint density at radius 2 is 2.25 bits per heavy atom. The van der Waals surface area contributed by atoms with E-state index in [0.717, 1.165) is 19.4 Å². The number of carbonyl (C=O) groups excluding carboxylic acids is 2. The monoisotopic (exact) mass is 250 g/mol. The topological polar surface area (TPSA) is 67.4 Å². The van der Waals surface area contributed by atoms with E-state index in [2.05, 4.69) is 15.4 Å². The van der Waals surface area contributed by atoms with Crippen molar-refractivity contribution in [3.05, 3.63) is 0 Å². The Balaban J connectivity index is 0.00000225. The van der Waals surface area contributed by atoms with Crippen LogP contribution in [0, 0.1) is 0 Å². The first-order valence-corrected chi connectivity index (χ1v) is 5.24. The van der Waals surface area contributed by atoms with Gasteiger partial charge in [-0.05, 0) is 26.3 Å². The van der Waals surface area contributed by atoms with Crippen LogP contribution in [0.15, 0.2) is 0 Å². The zero-order valence-electron chi connectivity index (χ0n) is 9.62. The Labute approximate surface area is 102 Å². The molecule has 1 aliphatic rings. The van der Waals surface area contributed by atoms with Crippen molar-refractivity contribution in [3.63, 3.8) is 0 Å². The van der Waals surface area contributed by atoms with E-state index in [-0.39, 0.29) is 42.8 Å². The molecule has 5 nitrogen and oxygen atoms in total. The summed E-state index contributed by atoms with van der Waals surface area (Å²) >= 11 is 0. The summed E-state index contributed by atoms with van der Waals surface area (Å²) in [6.45, 7) is 2.69. The van der Waals surface area contributed by atoms with E-state index in [9.17, 15) is 9.59 Å². The van der Waals surface area contributed by atoms with Gasteiger partial charge in [-0.3, -0.25) is 9.59 Å². The Morgan fingerprint density at radius 3 is 2.75 bits per heavy atom. The standard InChI is InChI=1S/C10H18N2O3.ClH/c1-7(6-9(13)15-2)12-10(14)8-4-3-5-11-8;/h7-8,11H,3-6H2,1-2H3,(H,12,14);1H/t7?,8-;/m0./s1. The van der Waals surface area contributed by atoms with Crippen LogP contribution in [0.5, 0.6) is 0 Å². The maximum atomic E-state index is 11.6. The number of carbonyl (C=O) groups is 2. The van der Waals surface area contributed by atoms with Gasteiger partial charge >= 0.3 is 5.97 Å². The molecule has 0 aromatic carbocycles. The summed E-state index contributed by atoms with van der Waals surface area (Å²) in [5, 5.41) is 5.89. The quantitative estimate of drug-likeness (QED) is 0.701. The van der Waals surface area contributed by atoms with Crippen LogP contribution < -0.4 is 10.6 Å². The molecule has 94 valence electrons. The summed E-state index contributed by atoms with van der Waals surface area (Å²) in [6, 6.07) is -0.266. The molecule has 1 rings (SSSR count). The van der Waals surface area contributed by atoms with Crippen molar-refractivity contribution in [2.45, 2.75) is 38.3 Å². The second kappa shape index (κ2) is 7.46. The predicted molar refractivity (Wildman–Crippen MR) is 62.5 cm³/mol. The third-order valence-electron chi connectivity index (χ3n) is 2.47. The van der Waals surface area contributed by atoms with Crippen LogP contribution in [0.3, 0.4) is 0 Å². The molecular weight excluding hydrogens is 232 g/mol. The van der Waals surface area contributed by atoms with Gasteiger partial charge in [-0.1, -0.05) is 0 Å². The van der Waals surface area contributed by atoms with E-state index in [0.29, 0.717) is 0 Å². The van der Waals surface area contributed by atoms with E-state index >= 15 is 0 Å². The number of hydrogen-bond donors (Lipinski definition) is 2. The van der Waals surface area contributed by atoms with Crippen LogP contribution in [0.4, 0.5) is 0 Å². The fourth-order valence-corrected chi connectivity index (χ4v) is 1.64. The minimum absolute atomic E-state index is 0. The summed E-state index contributed by atoms with van der Waals surface area (Å²) in [7, 11) is 1.34. The Morgan fingerprint density at radius 1 is 1.56 bits per heavy atom. The molecule has 0 bridgehead atoms. The fraction of sp³-hybridized carbons (Fsp3) is 0.800. The Hall–Kier alpha value is -0.810. The van der Waals surface area contributed by atoms with Crippen molar-refractivity contribution in [1.29, 1.82) is 0 Å². The molecule has 1 aliphatic heterocycles. The molecule has 1 heterocycles. The smallest absolute Gasteiger partial charge is 0.307 e. The molecule has 0 radical (unpaired) electrons. The predicted octanol–water partition coefficient (Wildman–Crippen LogP) is 0.228. The molecule has 0 aromatic rings. The number of rotatable bonds is 4. The molecule has 0 spiro atoms. The summed E-state index contributed by atoms with van der Waals surface area (Å²) in [5.74, 6) is -0.328. The number of nitrogens with one attached hydrogen (secondary N) is 2. The lowest BCUT2D eigenvalue weighted by atomic mass is 10.2. The summed E-state index contributed by atoms with van der Waals surface area (Å²) in [4.78, 5) is 22.5. The number of ether oxygens (including phenoxy) is 1. The van der Waals surface area contributed by atoms with Crippen molar-refractivity contribution < 1.29 is 14.3 Å². The van der Waals surface area contributed by atoms with Gasteiger partial charge in [-0.15, -0.1) is 12.4 Å². The Bertz CT molecular complexity index is 242. The first kappa shape index (κ1) is 15.2. The number of esters is 1. The minimum atomic E-state index is -0.304. The normalized spacial score (nSPS) is 20.8. The van der Waals surface area contributed by atoms with Crippen LogP contribution in [-0.4, -0.2) is 37.6 Å². The van der Waals surface area contributed by atoms with E-state index in [4.69, 9.17) is 0 Å². The average molecular weight is 251 g/mol. The molecule has 1 fully saturated rings. The van der Waals surface area contributed by atoms with Gasteiger partial charge < -0.3 is 15.4 Å². The van der Waals surface area contributed by atoms with Gasteiger partial charge in [0.15, 0.2) is 0 Å². The average Bonchev–Trinajstić information content (AvgIpc) is 2.70. The number of methoxy groups -OCH3 is 1. The van der Waals surface area contributed by atoms with Gasteiger partial charge in [-0.25, -0.2) is 0 Å². The molecule has 0 aromatic heterocycles. The van der Waals surface area contributed by atoms with E-state index in [1.807, 2.05) is 0 Å². The maximum Gasteiger partial charge on any atom is 0.307 e. The highest BCUT2D eigenvalue weighted by molar-refractivity contribution is 5.85. The van der Waals surface area contributed by atoms with Crippen molar-refractivity contribution >= 4 is 24.3 Å². The largest absolute Gasteiger partial charge is 0.469 e. The van der Waals surface area contributed by atoms with E-state index in [1.165, 1.54) is 7.11 Å². The van der Waals surface area contributed by atoms with Crippen LogP contribution in [-0.2, 0) is 14.3 Å². The lowest BCUT2D eigenvalue weighted by molar-refractivity contribution is -0.141. The highest BCUT2D eigenvalue weighted by Gasteiger charge is 2.23. The SMILES string of the molecule is COC(=O)CC(C)NC(=O)[C@@H]1CCCN1.Cl. The van der Waals surface area contributed by atoms with Crippen LogP contribution in [0.25, 0.3) is 0 Å². The van der Waals surface area contributed by atoms with Gasteiger partial charge in [0, 0.05) is 6.04 Å². The summed E-state index contributed by atoms with van der Waals surface area (Å²) in [5.41, 5.74) is 0. The molecule has 1 amide bonds. The number of amides is 1. The molecule has 0 saturated carbocycles. The molecule has 6 heteroatoms. The van der Waals surface area contributed by atoms with Gasteiger partial charge in [-0.2, -0.15) is 0 Å². The number of halogens is 1. The highest BCUT2D eigenvalue weighted by Crippen LogP contribution is 2.05. The van der Waals surface area contributed by atoms with Gasteiger partial charge in [0.1, 0.15) is 0 Å². The first-order chi connectivity index (χ1) is 7.13. The fourth-order valence-electron chi connectivity index (χ4n) is 1.64. The molecular formula is C10H19ClN2O3. The second-order valence-corrected chi connectivity index (χ2v) is 3.84. The van der Waals surface area contributed by atoms with E-state index < -0.39 is 0 Å². The van der Waals surface area contributed by atoms with Crippen molar-refractivity contribution in [1.82, 2.24) is 10.6 Å². The minimum Gasteiger partial charge on any atom is -0.469 e. The molecule has 2 atom stereocenters. The van der Waals surface area contributed by atoms with Crippen LogP contribution in [0.1, 0.15) is 26.2 Å². The van der Waals surface area contributed by atoms with Crippen LogP contribution >= 0.6 is 12.4 Å². The molecule has 16 heavy (non-hydrogen) atoms. The number of hydrogen-bond acceptors (Lipinski definition) is 4. The zero-order chi connectivity index (χ0) is 11.3. The summed E-state index contributed by atoms with van der Waals surface area (Å²) < 4.78 is 4.52. The van der Waals surface area contributed by atoms with Gasteiger partial charge in [0.05, 0.1) is 19.6 Å². The molecule has 1 saturated heterocycles. The van der Waals surface area contributed by atoms with Crippen LogP contribution in [0.2, 0.25) is 0 Å². The lowest BCUT2D eigenvalue weighted by Gasteiger charge is -2.16. The maximum absolute atomic E-state index is 11.6. The van der Waals surface area contributed by atoms with Crippen molar-refractivity contribution in [2.75, 3.05) is 13.7 Å². The molecule has 2 N–H and O–H groups in total. The Kier molecular flexibility index (Phi) is 7.08. The second-order valence-electron chi connectivity index (χ2n) is 3.84. The lowest BCUT2D eigenvalue weighted by Crippen LogP contribution is -2.44. The third kappa shape index (κ3) is 4.81. The first-order valence-electron chi connectivity index (χ1n) is 5.24.